The molecule has 2 aromatic heterocycles. The second kappa shape index (κ2) is 12.9. The van der Waals surface area contributed by atoms with Gasteiger partial charge in [-0.2, -0.15) is 4.98 Å². The maximum absolute atomic E-state index is 13.5. The van der Waals surface area contributed by atoms with Crippen LogP contribution in [0.3, 0.4) is 0 Å². The smallest absolute Gasteiger partial charge is 0.395 e. The van der Waals surface area contributed by atoms with Crippen molar-refractivity contribution < 1.29 is 38.5 Å². The first-order valence-electron chi connectivity index (χ1n) is 12.5. The minimum Gasteiger partial charge on any atom is -0.395 e. The highest BCUT2D eigenvalue weighted by Crippen LogP contribution is 2.46. The molecule has 0 spiro atoms. The van der Waals surface area contributed by atoms with Crippen LogP contribution in [0, 0.1) is 5.41 Å². The Morgan fingerprint density at radius 2 is 2.12 bits per heavy atom. The first kappa shape index (κ1) is 32.6. The number of likely N-dealkylation sites (N-methyl/N-ethyl adjacent to an activating group) is 1. The van der Waals surface area contributed by atoms with E-state index in [4.69, 9.17) is 19.5 Å². The molecule has 1 aliphatic rings. The third-order valence-electron chi connectivity index (χ3n) is 6.26. The molecular formula is C22H38N7O9PS. The Morgan fingerprint density at radius 1 is 1.43 bits per heavy atom. The molecule has 0 aliphatic carbocycles. The van der Waals surface area contributed by atoms with Gasteiger partial charge < -0.3 is 30.7 Å². The van der Waals surface area contributed by atoms with E-state index < -0.39 is 49.4 Å². The Kier molecular flexibility index (Phi) is 10.5. The molecule has 1 aliphatic heterocycles. The number of nitrogens with one attached hydrogen (secondary N) is 2. The maximum Gasteiger partial charge on any atom is 0.405 e. The molecular weight excluding hydrogens is 569 g/mol. The van der Waals surface area contributed by atoms with E-state index >= 15 is 0 Å². The Bertz CT molecular complexity index is 1290. The van der Waals surface area contributed by atoms with E-state index in [1.165, 1.54) is 17.8 Å². The van der Waals surface area contributed by atoms with Crippen molar-refractivity contribution in [1.29, 1.82) is 0 Å². The summed E-state index contributed by atoms with van der Waals surface area (Å²) in [7, 11) is -0.285. The average molecular weight is 608 g/mol. The standard InChI is InChI=1S/C22H38N7O9PS/c1-21(2,11-30)19(33)40-9-8-36-39(35,25-6-7-28(4)5)37-10-13-15(31)22(3,34)18(38-13)29-12-24-14-16(29)26-20(23)27-17(14)32/h12-13,15,18,30-31,34H,6-11H2,1-5H3,(H,25,35)(H3,23,26,27,32)/t13-,15-,18-,22-,39?/m0/s1. The van der Waals surface area contributed by atoms with Crippen LogP contribution in [0.2, 0.25) is 0 Å². The molecule has 0 bridgehead atoms. The highest BCUT2D eigenvalue weighted by molar-refractivity contribution is 8.13. The Labute approximate surface area is 235 Å². The van der Waals surface area contributed by atoms with Gasteiger partial charge in [-0.1, -0.05) is 11.8 Å². The van der Waals surface area contributed by atoms with Gasteiger partial charge in [0.25, 0.3) is 5.56 Å². The number of anilines is 1. The normalized spacial score (nSPS) is 25.1. The number of nitrogen functional groups attached to an aromatic ring is 1. The fourth-order valence-corrected chi connectivity index (χ4v) is 5.99. The molecule has 5 atom stereocenters. The lowest BCUT2D eigenvalue weighted by molar-refractivity contribution is -0.119. The number of aliphatic hydroxyl groups is 3. The number of fused-ring (bicyclic) bond motifs is 1. The van der Waals surface area contributed by atoms with Crippen LogP contribution in [-0.4, -0.2) is 115 Å². The van der Waals surface area contributed by atoms with Gasteiger partial charge in [0.15, 0.2) is 22.5 Å². The molecule has 0 radical (unpaired) electrons. The summed E-state index contributed by atoms with van der Waals surface area (Å²) in [6, 6.07) is 0. The van der Waals surface area contributed by atoms with E-state index in [1.807, 2.05) is 19.0 Å². The molecule has 0 aromatic carbocycles. The van der Waals surface area contributed by atoms with Gasteiger partial charge in [-0.3, -0.25) is 28.2 Å². The highest BCUT2D eigenvalue weighted by atomic mass is 32.2. The average Bonchev–Trinajstić information content (AvgIpc) is 3.38. The summed E-state index contributed by atoms with van der Waals surface area (Å²) in [5, 5.41) is 33.8. The van der Waals surface area contributed by atoms with Crippen molar-refractivity contribution in [3.63, 3.8) is 0 Å². The first-order chi connectivity index (χ1) is 18.6. The topological polar surface area (TPSA) is 227 Å². The van der Waals surface area contributed by atoms with E-state index in [1.54, 1.807) is 13.8 Å². The van der Waals surface area contributed by atoms with E-state index in [0.29, 0.717) is 6.54 Å². The first-order valence-corrected chi connectivity index (χ1v) is 15.0. The Balaban J connectivity index is 1.70. The number of carbonyl (C=O) groups is 1. The number of thioether (sulfide) groups is 1. The monoisotopic (exact) mass is 607 g/mol. The lowest BCUT2D eigenvalue weighted by atomic mass is 9.96. The maximum atomic E-state index is 13.5. The Morgan fingerprint density at radius 3 is 2.77 bits per heavy atom. The fourth-order valence-electron chi connectivity index (χ4n) is 3.75. The molecule has 226 valence electrons. The van der Waals surface area contributed by atoms with Crippen LogP contribution in [0.5, 0.6) is 0 Å². The number of hydrogen-bond acceptors (Lipinski definition) is 14. The molecule has 7 N–H and O–H groups in total. The minimum absolute atomic E-state index is 0.0375. The van der Waals surface area contributed by atoms with Crippen LogP contribution in [0.1, 0.15) is 27.0 Å². The van der Waals surface area contributed by atoms with Gasteiger partial charge in [0.2, 0.25) is 5.95 Å². The predicted octanol–water partition coefficient (Wildman–Crippen LogP) is -0.718. The van der Waals surface area contributed by atoms with Gasteiger partial charge in [0.05, 0.1) is 31.6 Å². The van der Waals surface area contributed by atoms with Crippen LogP contribution >= 0.6 is 19.5 Å². The molecule has 1 fully saturated rings. The van der Waals surface area contributed by atoms with Crippen molar-refractivity contribution in [2.45, 2.75) is 44.8 Å². The molecule has 2 aromatic rings. The van der Waals surface area contributed by atoms with Crippen molar-refractivity contribution in [3.8, 4) is 0 Å². The quantitative estimate of drug-likeness (QED) is 0.115. The van der Waals surface area contributed by atoms with E-state index in [0.717, 1.165) is 11.8 Å². The number of aromatic nitrogens is 4. The molecule has 3 heterocycles. The number of nitrogens with zero attached hydrogens (tertiary/aromatic N) is 4. The number of ether oxygens (including phenoxy) is 1. The lowest BCUT2D eigenvalue weighted by Gasteiger charge is -2.27. The molecule has 1 unspecified atom stereocenters. The van der Waals surface area contributed by atoms with Gasteiger partial charge in [0.1, 0.15) is 17.8 Å². The zero-order valence-corrected chi connectivity index (χ0v) is 24.8. The lowest BCUT2D eigenvalue weighted by Crippen LogP contribution is -2.44. The fraction of sp³-hybridized carbons (Fsp3) is 0.727. The number of imidazole rings is 1. The second-order valence-corrected chi connectivity index (χ2v) is 13.4. The van der Waals surface area contributed by atoms with Crippen molar-refractivity contribution >= 4 is 41.7 Å². The van der Waals surface area contributed by atoms with Gasteiger partial charge in [-0.15, -0.1) is 0 Å². The van der Waals surface area contributed by atoms with Gasteiger partial charge in [-0.05, 0) is 34.9 Å². The molecule has 1 saturated heterocycles. The number of nitrogens with two attached hydrogens (primary N) is 1. The minimum atomic E-state index is -3.95. The van der Waals surface area contributed by atoms with Gasteiger partial charge >= 0.3 is 7.75 Å². The third kappa shape index (κ3) is 7.47. The van der Waals surface area contributed by atoms with Crippen molar-refractivity contribution in [1.82, 2.24) is 29.5 Å². The number of hydrogen-bond donors (Lipinski definition) is 6. The Hall–Kier alpha value is -1.92. The zero-order chi connectivity index (χ0) is 29.9. The highest BCUT2D eigenvalue weighted by Gasteiger charge is 2.54. The van der Waals surface area contributed by atoms with Gasteiger partial charge in [0, 0.05) is 18.8 Å². The number of carbonyl (C=O) groups excluding carboxylic acids is 1. The largest absolute Gasteiger partial charge is 0.405 e. The zero-order valence-electron chi connectivity index (χ0n) is 23.1. The van der Waals surface area contributed by atoms with Crippen LogP contribution in [0.15, 0.2) is 11.1 Å². The second-order valence-electron chi connectivity index (χ2n) is 10.5. The number of aliphatic hydroxyl groups excluding tert-OH is 2. The molecule has 3 rings (SSSR count). The van der Waals surface area contributed by atoms with E-state index in [9.17, 15) is 29.5 Å². The molecule has 0 amide bonds. The summed E-state index contributed by atoms with van der Waals surface area (Å²) in [6.07, 6.45) is -2.67. The SMILES string of the molecule is CN(C)CCNP(=O)(OCCSC(=O)C(C)(C)CO)OC[C@@H]1O[C@H](n2cnc3c(=O)[nH]c(N)nc32)[C@@](C)(O)[C@H]1O. The number of H-pyrrole nitrogens is 1. The molecule has 18 heteroatoms. The van der Waals surface area contributed by atoms with Crippen molar-refractivity contribution in [3.05, 3.63) is 16.7 Å². The number of rotatable bonds is 14. The van der Waals surface area contributed by atoms with Crippen LogP contribution in [0.4, 0.5) is 5.95 Å². The predicted molar refractivity (Wildman–Crippen MR) is 148 cm³/mol. The van der Waals surface area contributed by atoms with Crippen LogP contribution < -0.4 is 16.4 Å². The van der Waals surface area contributed by atoms with Crippen LogP contribution in [-0.2, 0) is 23.1 Å². The van der Waals surface area contributed by atoms with Gasteiger partial charge in [-0.25, -0.2) is 14.6 Å². The van der Waals surface area contributed by atoms with E-state index in [2.05, 4.69) is 20.0 Å². The number of aromatic amines is 1. The summed E-state index contributed by atoms with van der Waals surface area (Å²) in [5.41, 5.74) is 2.26. The summed E-state index contributed by atoms with van der Waals surface area (Å²) < 4.78 is 31.8. The third-order valence-corrected chi connectivity index (χ3v) is 9.06. The molecule has 0 saturated carbocycles. The molecule has 40 heavy (non-hydrogen) atoms. The summed E-state index contributed by atoms with van der Waals surface area (Å²) in [5.74, 6) is -0.00760. The van der Waals surface area contributed by atoms with E-state index in [-0.39, 0.29) is 47.7 Å². The van der Waals surface area contributed by atoms with Crippen LogP contribution in [0.25, 0.3) is 11.2 Å². The van der Waals surface area contributed by atoms with Crippen molar-refractivity contribution in [2.24, 2.45) is 5.41 Å². The summed E-state index contributed by atoms with van der Waals surface area (Å²) >= 11 is 0.940. The van der Waals surface area contributed by atoms with Crippen molar-refractivity contribution in [2.75, 3.05) is 58.5 Å². The summed E-state index contributed by atoms with van der Waals surface area (Å²) in [4.78, 5) is 36.6. The molecule has 16 nitrogen and oxygen atoms in total. The summed E-state index contributed by atoms with van der Waals surface area (Å²) in [6.45, 7) is 4.46.